The van der Waals surface area contributed by atoms with E-state index >= 15 is 0 Å². The fraction of sp³-hybridized carbons (Fsp3) is 1.00. The molecular weight excluding hydrogens is 246 g/mol. The Bertz CT molecular complexity index is 331. The van der Waals surface area contributed by atoms with Gasteiger partial charge in [0.25, 0.3) is 0 Å². The van der Waals surface area contributed by atoms with Crippen LogP contribution < -0.4 is 0 Å². The van der Waals surface area contributed by atoms with E-state index in [0.29, 0.717) is 12.5 Å². The lowest BCUT2D eigenvalue weighted by Gasteiger charge is -2.40. The van der Waals surface area contributed by atoms with E-state index in [1.807, 2.05) is 0 Å². The van der Waals surface area contributed by atoms with Gasteiger partial charge in [0.05, 0.1) is 5.75 Å². The second-order valence-corrected chi connectivity index (χ2v) is 7.42. The molecule has 1 saturated heterocycles. The van der Waals surface area contributed by atoms with Gasteiger partial charge >= 0.3 is 0 Å². The van der Waals surface area contributed by atoms with Gasteiger partial charge in [0, 0.05) is 19.0 Å². The molecule has 0 N–H and O–H groups in total. The molecule has 2 atom stereocenters. The topological polar surface area (TPSA) is 37.4 Å². The third kappa shape index (κ3) is 2.71. The normalized spacial score (nSPS) is 32.3. The molecule has 5 heteroatoms. The second-order valence-electron chi connectivity index (χ2n) is 4.96. The molecule has 1 saturated carbocycles. The van der Waals surface area contributed by atoms with Crippen LogP contribution in [0.5, 0.6) is 0 Å². The maximum atomic E-state index is 11.9. The maximum absolute atomic E-state index is 11.9. The lowest BCUT2D eigenvalue weighted by atomic mass is 9.76. The van der Waals surface area contributed by atoms with Crippen LogP contribution in [0.15, 0.2) is 0 Å². The SMILES string of the molecule is O=S(=O)(CCCl)N1CCC2CCCCC2C1. The Labute approximate surface area is 103 Å². The van der Waals surface area contributed by atoms with E-state index in [1.165, 1.54) is 25.7 Å². The van der Waals surface area contributed by atoms with Crippen molar-refractivity contribution in [3.8, 4) is 0 Å². The first kappa shape index (κ1) is 12.7. The first-order valence-corrected chi connectivity index (χ1v) is 8.31. The summed E-state index contributed by atoms with van der Waals surface area (Å²) in [6, 6.07) is 0. The van der Waals surface area contributed by atoms with Crippen LogP contribution in [-0.4, -0.2) is 37.4 Å². The molecule has 1 heterocycles. The summed E-state index contributed by atoms with van der Waals surface area (Å²) in [7, 11) is -3.08. The van der Waals surface area contributed by atoms with Crippen molar-refractivity contribution in [1.29, 1.82) is 0 Å². The van der Waals surface area contributed by atoms with Crippen molar-refractivity contribution in [2.24, 2.45) is 11.8 Å². The molecule has 0 aromatic heterocycles. The predicted octanol–water partition coefficient (Wildman–Crippen LogP) is 2.07. The highest BCUT2D eigenvalue weighted by Gasteiger charge is 2.35. The van der Waals surface area contributed by atoms with Crippen LogP contribution in [0.4, 0.5) is 0 Å². The minimum Gasteiger partial charge on any atom is -0.212 e. The zero-order valence-electron chi connectivity index (χ0n) is 9.57. The number of sulfonamides is 1. The maximum Gasteiger partial charge on any atom is 0.215 e. The first-order chi connectivity index (χ1) is 7.63. The van der Waals surface area contributed by atoms with Gasteiger partial charge in [0.1, 0.15) is 0 Å². The first-order valence-electron chi connectivity index (χ1n) is 6.17. The Morgan fingerprint density at radius 3 is 2.50 bits per heavy atom. The molecule has 2 unspecified atom stereocenters. The molecule has 0 aromatic rings. The van der Waals surface area contributed by atoms with Crippen molar-refractivity contribution in [2.75, 3.05) is 24.7 Å². The fourth-order valence-electron chi connectivity index (χ4n) is 3.05. The molecule has 3 nitrogen and oxygen atoms in total. The van der Waals surface area contributed by atoms with Crippen molar-refractivity contribution in [3.05, 3.63) is 0 Å². The molecule has 1 aliphatic carbocycles. The highest BCUT2D eigenvalue weighted by molar-refractivity contribution is 7.89. The van der Waals surface area contributed by atoms with E-state index in [1.54, 1.807) is 4.31 Å². The molecule has 0 aromatic carbocycles. The Hall–Kier alpha value is 0.200. The van der Waals surface area contributed by atoms with Crippen LogP contribution >= 0.6 is 11.6 Å². The van der Waals surface area contributed by atoms with E-state index < -0.39 is 10.0 Å². The summed E-state index contributed by atoms with van der Waals surface area (Å²) in [4.78, 5) is 0. The third-order valence-electron chi connectivity index (χ3n) is 3.98. The molecule has 2 rings (SSSR count). The lowest BCUT2D eigenvalue weighted by Crippen LogP contribution is -2.45. The number of hydrogen-bond donors (Lipinski definition) is 0. The van der Waals surface area contributed by atoms with E-state index in [-0.39, 0.29) is 11.6 Å². The molecule has 94 valence electrons. The second kappa shape index (κ2) is 5.23. The third-order valence-corrected chi connectivity index (χ3v) is 6.23. The zero-order chi connectivity index (χ0) is 11.6. The number of piperidine rings is 1. The molecule has 1 aliphatic heterocycles. The summed E-state index contributed by atoms with van der Waals surface area (Å²) in [5, 5.41) is 0. The van der Waals surface area contributed by atoms with Crippen LogP contribution in [0.2, 0.25) is 0 Å². The zero-order valence-corrected chi connectivity index (χ0v) is 11.1. The van der Waals surface area contributed by atoms with E-state index in [0.717, 1.165) is 18.9 Å². The van der Waals surface area contributed by atoms with Crippen molar-refractivity contribution >= 4 is 21.6 Å². The summed E-state index contributed by atoms with van der Waals surface area (Å²) in [6.07, 6.45) is 6.15. The van der Waals surface area contributed by atoms with Gasteiger partial charge in [0.15, 0.2) is 0 Å². The number of rotatable bonds is 3. The quantitative estimate of drug-likeness (QED) is 0.733. The largest absolute Gasteiger partial charge is 0.215 e. The van der Waals surface area contributed by atoms with Gasteiger partial charge in [-0.25, -0.2) is 12.7 Å². The van der Waals surface area contributed by atoms with E-state index in [4.69, 9.17) is 11.6 Å². The van der Waals surface area contributed by atoms with Gasteiger partial charge < -0.3 is 0 Å². The van der Waals surface area contributed by atoms with Crippen LogP contribution in [0.3, 0.4) is 0 Å². The van der Waals surface area contributed by atoms with Gasteiger partial charge in [-0.3, -0.25) is 0 Å². The molecule has 0 spiro atoms. The van der Waals surface area contributed by atoms with Gasteiger partial charge in [-0.15, -0.1) is 11.6 Å². The van der Waals surface area contributed by atoms with Crippen molar-refractivity contribution in [3.63, 3.8) is 0 Å². The molecule has 0 amide bonds. The van der Waals surface area contributed by atoms with Crippen molar-refractivity contribution in [2.45, 2.75) is 32.1 Å². The van der Waals surface area contributed by atoms with Crippen LogP contribution in [0.25, 0.3) is 0 Å². The average molecular weight is 266 g/mol. The molecular formula is C11H20ClNO2S. The van der Waals surface area contributed by atoms with Crippen LogP contribution in [0.1, 0.15) is 32.1 Å². The summed E-state index contributed by atoms with van der Waals surface area (Å²) < 4.78 is 25.5. The van der Waals surface area contributed by atoms with Crippen molar-refractivity contribution in [1.82, 2.24) is 4.31 Å². The Morgan fingerprint density at radius 2 is 1.81 bits per heavy atom. The fourth-order valence-corrected chi connectivity index (χ4v) is 4.89. The monoisotopic (exact) mass is 265 g/mol. The number of halogens is 1. The highest BCUT2D eigenvalue weighted by Crippen LogP contribution is 2.36. The Morgan fingerprint density at radius 1 is 1.12 bits per heavy atom. The van der Waals surface area contributed by atoms with Gasteiger partial charge in [0.2, 0.25) is 10.0 Å². The Balaban J connectivity index is 1.99. The van der Waals surface area contributed by atoms with E-state index in [2.05, 4.69) is 0 Å². The molecule has 0 radical (unpaired) electrons. The molecule has 2 aliphatic rings. The van der Waals surface area contributed by atoms with Crippen molar-refractivity contribution < 1.29 is 8.42 Å². The van der Waals surface area contributed by atoms with Gasteiger partial charge in [-0.2, -0.15) is 0 Å². The lowest BCUT2D eigenvalue weighted by molar-refractivity contribution is 0.136. The number of nitrogens with zero attached hydrogens (tertiary/aromatic N) is 1. The number of fused-ring (bicyclic) bond motifs is 1. The van der Waals surface area contributed by atoms with E-state index in [9.17, 15) is 8.42 Å². The molecule has 0 bridgehead atoms. The van der Waals surface area contributed by atoms with Crippen LogP contribution in [-0.2, 0) is 10.0 Å². The Kier molecular flexibility index (Phi) is 4.14. The van der Waals surface area contributed by atoms with Crippen LogP contribution in [0, 0.1) is 11.8 Å². The summed E-state index contributed by atoms with van der Waals surface area (Å²) in [5.74, 6) is 1.67. The predicted molar refractivity (Wildman–Crippen MR) is 66.1 cm³/mol. The smallest absolute Gasteiger partial charge is 0.212 e. The number of alkyl halides is 1. The average Bonchev–Trinajstić information content (AvgIpc) is 2.28. The number of hydrogen-bond acceptors (Lipinski definition) is 2. The minimum atomic E-state index is -3.08. The summed E-state index contributed by atoms with van der Waals surface area (Å²) in [6.45, 7) is 1.45. The molecule has 2 fully saturated rings. The highest BCUT2D eigenvalue weighted by atomic mass is 35.5. The van der Waals surface area contributed by atoms with Gasteiger partial charge in [-0.1, -0.05) is 19.3 Å². The minimum absolute atomic E-state index is 0.0892. The summed E-state index contributed by atoms with van der Waals surface area (Å²) >= 11 is 5.54. The standard InChI is InChI=1S/C11H20ClNO2S/c12-6-8-16(14,15)13-7-5-10-3-1-2-4-11(10)9-13/h10-11H,1-9H2. The van der Waals surface area contributed by atoms with Gasteiger partial charge in [-0.05, 0) is 24.7 Å². The summed E-state index contributed by atoms with van der Waals surface area (Å²) in [5.41, 5.74) is 0. The molecule has 16 heavy (non-hydrogen) atoms.